The van der Waals surface area contributed by atoms with Gasteiger partial charge in [0.1, 0.15) is 0 Å². The summed E-state index contributed by atoms with van der Waals surface area (Å²) in [6.45, 7) is 4.95. The molecule has 2 rings (SSSR count). The molecule has 1 aromatic rings. The third kappa shape index (κ3) is 4.96. The van der Waals surface area contributed by atoms with Crippen molar-refractivity contribution in [1.29, 1.82) is 0 Å². The molecule has 5 nitrogen and oxygen atoms in total. The normalized spacial score (nSPS) is 18.1. The van der Waals surface area contributed by atoms with E-state index in [1.165, 1.54) is 5.56 Å². The zero-order chi connectivity index (χ0) is 13.5. The Kier molecular flexibility index (Phi) is 5.30. The molecule has 1 aromatic heterocycles. The van der Waals surface area contributed by atoms with Crippen molar-refractivity contribution in [2.24, 2.45) is 0 Å². The first-order valence-electron chi connectivity index (χ1n) is 6.79. The summed E-state index contributed by atoms with van der Waals surface area (Å²) in [5.41, 5.74) is 1.31. The smallest absolute Gasteiger partial charge is 0.317 e. The van der Waals surface area contributed by atoms with Crippen molar-refractivity contribution in [2.75, 3.05) is 39.3 Å². The molecule has 19 heavy (non-hydrogen) atoms. The van der Waals surface area contributed by atoms with Gasteiger partial charge in [0.15, 0.2) is 0 Å². The van der Waals surface area contributed by atoms with Crippen molar-refractivity contribution in [3.05, 3.63) is 30.1 Å². The largest absolute Gasteiger partial charge is 0.480 e. The molecule has 1 fully saturated rings. The molecule has 0 radical (unpaired) electrons. The summed E-state index contributed by atoms with van der Waals surface area (Å²) in [4.78, 5) is 19.2. The predicted octanol–water partition coefficient (Wildman–Crippen LogP) is 0.716. The quantitative estimate of drug-likeness (QED) is 0.848. The molecule has 1 N–H and O–H groups in total. The van der Waals surface area contributed by atoms with Crippen LogP contribution in [0.25, 0.3) is 0 Å². The number of hydrogen-bond donors (Lipinski definition) is 1. The number of carboxylic acids is 1. The second-order valence-electron chi connectivity index (χ2n) is 4.97. The number of nitrogens with zero attached hydrogens (tertiary/aromatic N) is 3. The number of carbonyl (C=O) groups is 1. The first kappa shape index (κ1) is 14.0. The number of hydrogen-bond acceptors (Lipinski definition) is 4. The Hall–Kier alpha value is -1.46. The fourth-order valence-electron chi connectivity index (χ4n) is 2.43. The Bertz CT molecular complexity index is 397. The van der Waals surface area contributed by atoms with Gasteiger partial charge in [0, 0.05) is 38.6 Å². The van der Waals surface area contributed by atoms with Crippen molar-refractivity contribution >= 4 is 5.97 Å². The third-order valence-corrected chi connectivity index (χ3v) is 3.51. The molecule has 104 valence electrons. The molecule has 0 spiro atoms. The van der Waals surface area contributed by atoms with Crippen molar-refractivity contribution in [2.45, 2.75) is 12.8 Å². The number of rotatable bonds is 5. The topological polar surface area (TPSA) is 56.7 Å². The molecule has 0 aromatic carbocycles. The Morgan fingerprint density at radius 2 is 1.84 bits per heavy atom. The standard InChI is InChI=1S/C14H21N3O2/c18-14(19)12-17-8-1-7-16(10-11-17)9-4-13-2-5-15-6-3-13/h2-3,5-6H,1,4,7-12H2,(H,18,19). The van der Waals surface area contributed by atoms with Crippen LogP contribution in [-0.2, 0) is 11.2 Å². The van der Waals surface area contributed by atoms with Crippen LogP contribution in [-0.4, -0.2) is 65.1 Å². The molecule has 0 aliphatic carbocycles. The Morgan fingerprint density at radius 1 is 1.16 bits per heavy atom. The molecular formula is C14H21N3O2. The zero-order valence-corrected chi connectivity index (χ0v) is 11.2. The van der Waals surface area contributed by atoms with Gasteiger partial charge in [0.2, 0.25) is 0 Å². The summed E-state index contributed by atoms with van der Waals surface area (Å²) >= 11 is 0. The van der Waals surface area contributed by atoms with Crippen LogP contribution in [0.2, 0.25) is 0 Å². The van der Waals surface area contributed by atoms with E-state index < -0.39 is 5.97 Å². The average molecular weight is 263 g/mol. The lowest BCUT2D eigenvalue weighted by Gasteiger charge is -2.20. The molecule has 0 bridgehead atoms. The van der Waals surface area contributed by atoms with Crippen molar-refractivity contribution in [3.63, 3.8) is 0 Å². The maximum Gasteiger partial charge on any atom is 0.317 e. The number of pyridine rings is 1. The summed E-state index contributed by atoms with van der Waals surface area (Å²) < 4.78 is 0. The van der Waals surface area contributed by atoms with Crippen LogP contribution in [0.3, 0.4) is 0 Å². The van der Waals surface area contributed by atoms with Crippen LogP contribution < -0.4 is 0 Å². The van der Waals surface area contributed by atoms with Gasteiger partial charge in [0.25, 0.3) is 0 Å². The molecule has 1 aliphatic heterocycles. The lowest BCUT2D eigenvalue weighted by Crippen LogP contribution is -2.34. The SMILES string of the molecule is O=C(O)CN1CCCN(CCc2ccncc2)CC1. The van der Waals surface area contributed by atoms with Gasteiger partial charge < -0.3 is 10.0 Å². The average Bonchev–Trinajstić information content (AvgIpc) is 2.62. The van der Waals surface area contributed by atoms with Gasteiger partial charge in [0.05, 0.1) is 6.54 Å². The monoisotopic (exact) mass is 263 g/mol. The summed E-state index contributed by atoms with van der Waals surface area (Å²) in [7, 11) is 0. The van der Waals surface area contributed by atoms with Crippen LogP contribution in [0.4, 0.5) is 0 Å². The minimum atomic E-state index is -0.731. The van der Waals surface area contributed by atoms with Crippen molar-refractivity contribution < 1.29 is 9.90 Å². The summed E-state index contributed by atoms with van der Waals surface area (Å²) in [5.74, 6) is -0.731. The molecule has 0 atom stereocenters. The van der Waals surface area contributed by atoms with Gasteiger partial charge >= 0.3 is 5.97 Å². The Labute approximate surface area is 113 Å². The zero-order valence-electron chi connectivity index (χ0n) is 11.2. The van der Waals surface area contributed by atoms with E-state index in [0.29, 0.717) is 0 Å². The minimum absolute atomic E-state index is 0.165. The predicted molar refractivity (Wildman–Crippen MR) is 73.1 cm³/mol. The van der Waals surface area contributed by atoms with E-state index in [1.807, 2.05) is 17.3 Å². The lowest BCUT2D eigenvalue weighted by atomic mass is 10.2. The number of aromatic nitrogens is 1. The van der Waals surface area contributed by atoms with Gasteiger partial charge in [-0.1, -0.05) is 0 Å². The van der Waals surface area contributed by atoms with Crippen LogP contribution in [0, 0.1) is 0 Å². The minimum Gasteiger partial charge on any atom is -0.480 e. The highest BCUT2D eigenvalue weighted by molar-refractivity contribution is 5.69. The Balaban J connectivity index is 1.75. The number of carboxylic acid groups (broad SMARTS) is 1. The molecule has 0 unspecified atom stereocenters. The van der Waals surface area contributed by atoms with E-state index in [9.17, 15) is 4.79 Å². The van der Waals surface area contributed by atoms with Gasteiger partial charge in [-0.2, -0.15) is 0 Å². The van der Waals surface area contributed by atoms with Gasteiger partial charge in [-0.05, 0) is 37.1 Å². The van der Waals surface area contributed by atoms with E-state index in [2.05, 4.69) is 22.0 Å². The van der Waals surface area contributed by atoms with E-state index in [4.69, 9.17) is 5.11 Å². The second kappa shape index (κ2) is 7.21. The Morgan fingerprint density at radius 3 is 2.58 bits per heavy atom. The lowest BCUT2D eigenvalue weighted by molar-refractivity contribution is -0.138. The fraction of sp³-hybridized carbons (Fsp3) is 0.571. The van der Waals surface area contributed by atoms with E-state index in [-0.39, 0.29) is 6.54 Å². The highest BCUT2D eigenvalue weighted by Gasteiger charge is 2.16. The summed E-state index contributed by atoms with van der Waals surface area (Å²) in [6.07, 6.45) is 5.73. The molecule has 0 amide bonds. The molecule has 2 heterocycles. The highest BCUT2D eigenvalue weighted by atomic mass is 16.4. The van der Waals surface area contributed by atoms with Gasteiger partial charge in [-0.3, -0.25) is 14.7 Å². The van der Waals surface area contributed by atoms with Crippen LogP contribution in [0.1, 0.15) is 12.0 Å². The molecule has 1 saturated heterocycles. The second-order valence-corrected chi connectivity index (χ2v) is 4.97. The van der Waals surface area contributed by atoms with E-state index in [1.54, 1.807) is 0 Å². The summed E-state index contributed by atoms with van der Waals surface area (Å²) in [5, 5.41) is 8.81. The fourth-order valence-corrected chi connectivity index (χ4v) is 2.43. The maximum absolute atomic E-state index is 10.7. The van der Waals surface area contributed by atoms with Crippen molar-refractivity contribution in [1.82, 2.24) is 14.8 Å². The molecule has 5 heteroatoms. The highest BCUT2D eigenvalue weighted by Crippen LogP contribution is 2.05. The van der Waals surface area contributed by atoms with Crippen LogP contribution in [0.5, 0.6) is 0 Å². The van der Waals surface area contributed by atoms with Crippen LogP contribution >= 0.6 is 0 Å². The maximum atomic E-state index is 10.7. The molecule has 1 aliphatic rings. The molecule has 0 saturated carbocycles. The summed E-state index contributed by atoms with van der Waals surface area (Å²) in [6, 6.07) is 4.10. The third-order valence-electron chi connectivity index (χ3n) is 3.51. The van der Waals surface area contributed by atoms with Gasteiger partial charge in [-0.15, -0.1) is 0 Å². The van der Waals surface area contributed by atoms with Gasteiger partial charge in [-0.25, -0.2) is 0 Å². The van der Waals surface area contributed by atoms with E-state index >= 15 is 0 Å². The van der Waals surface area contributed by atoms with E-state index in [0.717, 1.165) is 45.6 Å². The first-order valence-corrected chi connectivity index (χ1v) is 6.79. The molecular weight excluding hydrogens is 242 g/mol. The first-order chi connectivity index (χ1) is 9.24. The van der Waals surface area contributed by atoms with Crippen molar-refractivity contribution in [3.8, 4) is 0 Å². The number of aliphatic carboxylic acids is 1. The van der Waals surface area contributed by atoms with Crippen LogP contribution in [0.15, 0.2) is 24.5 Å².